The van der Waals surface area contributed by atoms with Crippen molar-refractivity contribution in [1.29, 1.82) is 0 Å². The second kappa shape index (κ2) is 8.28. The van der Waals surface area contributed by atoms with Crippen molar-refractivity contribution >= 4 is 23.1 Å². The van der Waals surface area contributed by atoms with Gasteiger partial charge in [-0.1, -0.05) is 18.2 Å². The Kier molecular flexibility index (Phi) is 5.79. The van der Waals surface area contributed by atoms with Crippen molar-refractivity contribution < 1.29 is 33.7 Å². The fourth-order valence-corrected chi connectivity index (χ4v) is 3.25. The first-order valence-electron chi connectivity index (χ1n) is 8.85. The number of phenols is 1. The van der Waals surface area contributed by atoms with Gasteiger partial charge in [0.15, 0.2) is 18.4 Å². The van der Waals surface area contributed by atoms with Crippen LogP contribution in [0.5, 0.6) is 11.5 Å². The molecule has 0 saturated heterocycles. The number of aromatic hydroxyl groups is 1. The Bertz CT molecular complexity index is 1030. The van der Waals surface area contributed by atoms with Crippen molar-refractivity contribution in [2.45, 2.75) is 20.5 Å². The van der Waals surface area contributed by atoms with Gasteiger partial charge in [-0.25, -0.2) is 0 Å². The second-order valence-corrected chi connectivity index (χ2v) is 6.58. The van der Waals surface area contributed by atoms with Gasteiger partial charge in [0.25, 0.3) is 0 Å². The molecule has 0 fully saturated rings. The number of hydrogen-bond donors (Lipinski definition) is 1. The lowest BCUT2D eigenvalue weighted by Gasteiger charge is -2.21. The zero-order valence-corrected chi connectivity index (χ0v) is 16.3. The van der Waals surface area contributed by atoms with Crippen LogP contribution in [0.3, 0.4) is 0 Å². The SMILES string of the molecule is COCOc1cc(C)cc(COC(C)=O)c1C1=CC(=O)c2c(O)cccc2C1=O. The molecule has 2 aromatic rings. The molecule has 29 heavy (non-hydrogen) atoms. The molecule has 1 aliphatic carbocycles. The number of rotatable bonds is 6. The van der Waals surface area contributed by atoms with Gasteiger partial charge >= 0.3 is 5.97 Å². The van der Waals surface area contributed by atoms with Crippen molar-refractivity contribution in [2.75, 3.05) is 13.9 Å². The molecule has 0 atom stereocenters. The molecule has 150 valence electrons. The number of hydrogen-bond acceptors (Lipinski definition) is 7. The second-order valence-electron chi connectivity index (χ2n) is 6.58. The molecule has 7 nitrogen and oxygen atoms in total. The molecule has 0 aliphatic heterocycles. The number of Topliss-reactive ketones (excluding diaryl/α,β-unsaturated/α-hetero) is 1. The molecular weight excluding hydrogens is 376 g/mol. The minimum Gasteiger partial charge on any atom is -0.507 e. The monoisotopic (exact) mass is 396 g/mol. The van der Waals surface area contributed by atoms with Gasteiger partial charge in [0, 0.05) is 36.3 Å². The molecule has 3 rings (SSSR count). The lowest BCUT2D eigenvalue weighted by Crippen LogP contribution is -2.18. The summed E-state index contributed by atoms with van der Waals surface area (Å²) in [5.41, 5.74) is 1.85. The lowest BCUT2D eigenvalue weighted by molar-refractivity contribution is -0.142. The van der Waals surface area contributed by atoms with Crippen LogP contribution in [-0.4, -0.2) is 36.5 Å². The van der Waals surface area contributed by atoms with Crippen LogP contribution in [0.4, 0.5) is 0 Å². The van der Waals surface area contributed by atoms with Crippen molar-refractivity contribution in [2.24, 2.45) is 0 Å². The van der Waals surface area contributed by atoms with E-state index in [2.05, 4.69) is 0 Å². The van der Waals surface area contributed by atoms with E-state index < -0.39 is 17.5 Å². The molecule has 1 N–H and O–H groups in total. The minimum atomic E-state index is -0.496. The summed E-state index contributed by atoms with van der Waals surface area (Å²) in [4.78, 5) is 37.2. The Morgan fingerprint density at radius 3 is 2.59 bits per heavy atom. The standard InChI is InChI=1S/C22H20O7/c1-12-7-14(10-28-13(2)23)20(19(8-12)29-11-27-3)16-9-18(25)21-15(22(16)26)5-4-6-17(21)24/h4-9,24H,10-11H2,1-3H3. The minimum absolute atomic E-state index is 0.0331. The molecule has 0 saturated carbocycles. The molecule has 0 aromatic heterocycles. The zero-order chi connectivity index (χ0) is 21.1. The number of benzene rings is 2. The number of fused-ring (bicyclic) bond motifs is 1. The highest BCUT2D eigenvalue weighted by Crippen LogP contribution is 2.38. The quantitative estimate of drug-likeness (QED) is 0.591. The highest BCUT2D eigenvalue weighted by Gasteiger charge is 2.31. The van der Waals surface area contributed by atoms with Crippen molar-refractivity contribution in [3.05, 3.63) is 64.2 Å². The number of carbonyl (C=O) groups is 3. The van der Waals surface area contributed by atoms with Gasteiger partial charge in [-0.15, -0.1) is 0 Å². The van der Waals surface area contributed by atoms with E-state index in [9.17, 15) is 19.5 Å². The topological polar surface area (TPSA) is 99.1 Å². The molecule has 0 spiro atoms. The predicted molar refractivity (Wildman–Crippen MR) is 104 cm³/mol. The highest BCUT2D eigenvalue weighted by molar-refractivity contribution is 6.39. The normalized spacial score (nSPS) is 13.0. The summed E-state index contributed by atoms with van der Waals surface area (Å²) in [6, 6.07) is 7.81. The third-order valence-electron chi connectivity index (χ3n) is 4.41. The summed E-state index contributed by atoms with van der Waals surface area (Å²) in [6.07, 6.45) is 1.17. The summed E-state index contributed by atoms with van der Waals surface area (Å²) >= 11 is 0. The Morgan fingerprint density at radius 2 is 1.90 bits per heavy atom. The van der Waals surface area contributed by atoms with E-state index in [1.54, 1.807) is 12.1 Å². The van der Waals surface area contributed by atoms with Gasteiger partial charge in [0.1, 0.15) is 18.1 Å². The Hall–Kier alpha value is -3.45. The fourth-order valence-electron chi connectivity index (χ4n) is 3.25. The summed E-state index contributed by atoms with van der Waals surface area (Å²) in [7, 11) is 1.46. The molecule has 7 heteroatoms. The first-order chi connectivity index (χ1) is 13.8. The molecule has 1 aliphatic rings. The molecular formula is C22H20O7. The third-order valence-corrected chi connectivity index (χ3v) is 4.41. The summed E-state index contributed by atoms with van der Waals surface area (Å²) in [5.74, 6) is -1.34. The molecule has 0 bridgehead atoms. The number of carbonyl (C=O) groups excluding carboxylic acids is 3. The van der Waals surface area contributed by atoms with Crippen LogP contribution in [0.15, 0.2) is 36.4 Å². The number of esters is 1. The average molecular weight is 396 g/mol. The molecule has 2 aromatic carbocycles. The number of allylic oxidation sites excluding steroid dienone is 2. The van der Waals surface area contributed by atoms with Gasteiger partial charge in [-0.3, -0.25) is 14.4 Å². The van der Waals surface area contributed by atoms with Crippen LogP contribution in [0.25, 0.3) is 5.57 Å². The van der Waals surface area contributed by atoms with Crippen molar-refractivity contribution in [3.8, 4) is 11.5 Å². The van der Waals surface area contributed by atoms with Gasteiger partial charge < -0.3 is 19.3 Å². The first kappa shape index (κ1) is 20.3. The van der Waals surface area contributed by atoms with E-state index in [1.807, 2.05) is 6.92 Å². The van der Waals surface area contributed by atoms with Gasteiger partial charge in [-0.05, 0) is 30.7 Å². The highest BCUT2D eigenvalue weighted by atomic mass is 16.7. The summed E-state index contributed by atoms with van der Waals surface area (Å²) in [6.45, 7) is 2.94. The van der Waals surface area contributed by atoms with E-state index >= 15 is 0 Å². The Balaban J connectivity index is 2.19. The van der Waals surface area contributed by atoms with E-state index in [0.717, 1.165) is 5.56 Å². The largest absolute Gasteiger partial charge is 0.507 e. The number of aryl methyl sites for hydroxylation is 1. The Labute approximate surface area is 167 Å². The van der Waals surface area contributed by atoms with Crippen LogP contribution < -0.4 is 4.74 Å². The van der Waals surface area contributed by atoms with Crippen LogP contribution in [0.1, 0.15) is 44.3 Å². The maximum Gasteiger partial charge on any atom is 0.302 e. The van der Waals surface area contributed by atoms with Crippen LogP contribution in [0.2, 0.25) is 0 Å². The lowest BCUT2D eigenvalue weighted by atomic mass is 9.83. The number of ketones is 2. The van der Waals surface area contributed by atoms with Crippen LogP contribution >= 0.6 is 0 Å². The van der Waals surface area contributed by atoms with Crippen molar-refractivity contribution in [3.63, 3.8) is 0 Å². The van der Waals surface area contributed by atoms with Gasteiger partial charge in [0.05, 0.1) is 5.56 Å². The van der Waals surface area contributed by atoms with Gasteiger partial charge in [0.2, 0.25) is 0 Å². The van der Waals surface area contributed by atoms with E-state index in [-0.39, 0.29) is 35.8 Å². The Morgan fingerprint density at radius 1 is 1.14 bits per heavy atom. The maximum absolute atomic E-state index is 13.2. The first-order valence-corrected chi connectivity index (χ1v) is 8.85. The maximum atomic E-state index is 13.2. The molecule has 0 radical (unpaired) electrons. The van der Waals surface area contributed by atoms with Crippen molar-refractivity contribution in [1.82, 2.24) is 0 Å². The smallest absolute Gasteiger partial charge is 0.302 e. The fraction of sp³-hybridized carbons (Fsp3) is 0.227. The number of phenolic OH excluding ortho intramolecular Hbond substituents is 1. The van der Waals surface area contributed by atoms with Gasteiger partial charge in [-0.2, -0.15) is 0 Å². The summed E-state index contributed by atoms with van der Waals surface area (Å²) in [5, 5.41) is 10.0. The zero-order valence-electron chi connectivity index (χ0n) is 16.3. The third kappa shape index (κ3) is 4.05. The summed E-state index contributed by atoms with van der Waals surface area (Å²) < 4.78 is 15.8. The average Bonchev–Trinajstić information content (AvgIpc) is 2.67. The molecule has 0 heterocycles. The predicted octanol–water partition coefficient (Wildman–Crippen LogP) is 3.21. The van der Waals surface area contributed by atoms with Crippen LogP contribution in [-0.2, 0) is 20.9 Å². The van der Waals surface area contributed by atoms with E-state index in [4.69, 9.17) is 14.2 Å². The van der Waals surface area contributed by atoms with E-state index in [0.29, 0.717) is 16.9 Å². The van der Waals surface area contributed by atoms with Crippen LogP contribution in [0, 0.1) is 6.92 Å². The molecule has 0 unspecified atom stereocenters. The number of ether oxygens (including phenoxy) is 3. The number of methoxy groups -OCH3 is 1. The molecule has 0 amide bonds. The van der Waals surface area contributed by atoms with E-state index in [1.165, 1.54) is 38.3 Å².